The first-order chi connectivity index (χ1) is 14.4. The molecule has 0 radical (unpaired) electrons. The number of aromatic amines is 2. The Kier molecular flexibility index (Phi) is 9.23. The topological polar surface area (TPSA) is 125 Å². The van der Waals surface area contributed by atoms with Crippen molar-refractivity contribution in [3.8, 4) is 0 Å². The average molecular weight is 432 g/mol. The van der Waals surface area contributed by atoms with E-state index in [0.29, 0.717) is 28.0 Å². The lowest BCUT2D eigenvalue weighted by atomic mass is 10.2. The summed E-state index contributed by atoms with van der Waals surface area (Å²) in [5, 5.41) is 3.31. The van der Waals surface area contributed by atoms with E-state index in [4.69, 9.17) is 22.7 Å². The van der Waals surface area contributed by atoms with E-state index in [1.807, 2.05) is 31.1 Å². The molecule has 0 aliphatic rings. The number of carbonyl (C=O) groups excluding carboxylic acids is 1. The van der Waals surface area contributed by atoms with Crippen LogP contribution in [0.15, 0.2) is 30.6 Å². The average Bonchev–Trinajstić information content (AvgIpc) is 3.18. The maximum Gasteiger partial charge on any atom is 0.338 e. The minimum Gasteiger partial charge on any atom is -0.461 e. The summed E-state index contributed by atoms with van der Waals surface area (Å²) in [5.41, 5.74) is 8.39. The Morgan fingerprint density at radius 3 is 2.70 bits per heavy atom. The van der Waals surface area contributed by atoms with Crippen molar-refractivity contribution in [3.63, 3.8) is 0 Å². The Hall–Kier alpha value is -2.98. The molecule has 0 fully saturated rings. The van der Waals surface area contributed by atoms with Crippen LogP contribution < -0.4 is 11.1 Å². The van der Waals surface area contributed by atoms with E-state index >= 15 is 0 Å². The highest BCUT2D eigenvalue weighted by Crippen LogP contribution is 2.11. The monoisotopic (exact) mass is 431 g/mol. The Morgan fingerprint density at radius 1 is 1.30 bits per heavy atom. The number of carbonyl (C=O) groups is 1. The van der Waals surface area contributed by atoms with E-state index in [9.17, 15) is 4.79 Å². The zero-order chi connectivity index (χ0) is 21.9. The lowest BCUT2D eigenvalue weighted by Crippen LogP contribution is -2.20. The highest BCUT2D eigenvalue weighted by atomic mass is 32.1. The van der Waals surface area contributed by atoms with Crippen LogP contribution in [0, 0.1) is 4.64 Å². The van der Waals surface area contributed by atoms with Gasteiger partial charge in [-0.05, 0) is 44.8 Å². The number of nitrogens with zero attached hydrogens (tertiary/aromatic N) is 3. The number of unbranched alkanes of at least 4 members (excludes halogenated alkanes) is 1. The summed E-state index contributed by atoms with van der Waals surface area (Å²) in [6, 6.07) is 7.43. The van der Waals surface area contributed by atoms with Gasteiger partial charge in [0.2, 0.25) is 5.95 Å². The third kappa shape index (κ3) is 7.45. The first-order valence-corrected chi connectivity index (χ1v) is 10.2. The van der Waals surface area contributed by atoms with E-state index in [1.54, 1.807) is 12.1 Å². The van der Waals surface area contributed by atoms with Crippen LogP contribution in [0.1, 0.15) is 30.1 Å². The SMILES string of the molecule is CCCCNc1ccc(C(=O)OCCN(C)C)cc1.Nc1nc(=S)c2[nH]cnc2[nH]1. The molecule has 0 amide bonds. The predicted molar refractivity (Wildman–Crippen MR) is 122 cm³/mol. The van der Waals surface area contributed by atoms with E-state index < -0.39 is 0 Å². The number of ether oxygens (including phenoxy) is 1. The van der Waals surface area contributed by atoms with Gasteiger partial charge in [0.25, 0.3) is 0 Å². The summed E-state index contributed by atoms with van der Waals surface area (Å²) in [4.78, 5) is 27.1. The fourth-order valence-corrected chi connectivity index (χ4v) is 2.66. The molecule has 0 saturated heterocycles. The van der Waals surface area contributed by atoms with Gasteiger partial charge in [0.05, 0.1) is 11.9 Å². The summed E-state index contributed by atoms with van der Waals surface area (Å²) in [7, 11) is 3.90. The van der Waals surface area contributed by atoms with Crippen molar-refractivity contribution in [1.29, 1.82) is 0 Å². The van der Waals surface area contributed by atoms with Crippen molar-refractivity contribution in [2.75, 3.05) is 44.8 Å². The number of rotatable bonds is 8. The molecule has 0 aliphatic heterocycles. The minimum absolute atomic E-state index is 0.262. The molecule has 2 heterocycles. The van der Waals surface area contributed by atoms with Crippen LogP contribution in [0.3, 0.4) is 0 Å². The number of fused-ring (bicyclic) bond motifs is 1. The standard InChI is InChI=1S/C15H24N2O2.C5H5N5S/c1-4-5-10-16-14-8-6-13(7-9-14)15(18)19-12-11-17(2)3;6-5-9-3-2(4(11)10-5)7-1-8-3/h6-9,16H,4-5,10-12H2,1-3H3;1H,(H4,6,7,8,9,10,11). The van der Waals surface area contributed by atoms with Crippen molar-refractivity contribution < 1.29 is 9.53 Å². The number of hydrogen-bond donors (Lipinski definition) is 4. The third-order valence-electron chi connectivity index (χ3n) is 4.07. The molecule has 2 aromatic heterocycles. The highest BCUT2D eigenvalue weighted by molar-refractivity contribution is 7.71. The summed E-state index contributed by atoms with van der Waals surface area (Å²) >= 11 is 4.91. The fourth-order valence-electron chi connectivity index (χ4n) is 2.40. The summed E-state index contributed by atoms with van der Waals surface area (Å²) in [6.07, 6.45) is 3.86. The zero-order valence-corrected chi connectivity index (χ0v) is 18.4. The second-order valence-electron chi connectivity index (χ2n) is 6.85. The van der Waals surface area contributed by atoms with E-state index in [2.05, 4.69) is 32.2 Å². The van der Waals surface area contributed by atoms with Crippen molar-refractivity contribution in [1.82, 2.24) is 24.8 Å². The van der Waals surface area contributed by atoms with Crippen LogP contribution in [0.5, 0.6) is 0 Å². The van der Waals surface area contributed by atoms with Crippen LogP contribution >= 0.6 is 12.2 Å². The molecule has 3 aromatic rings. The van der Waals surface area contributed by atoms with Crippen molar-refractivity contribution in [3.05, 3.63) is 40.8 Å². The van der Waals surface area contributed by atoms with Crippen LogP contribution in [0.4, 0.5) is 11.6 Å². The van der Waals surface area contributed by atoms with Crippen molar-refractivity contribution >= 4 is 41.0 Å². The van der Waals surface area contributed by atoms with Gasteiger partial charge in [-0.25, -0.2) is 14.8 Å². The van der Waals surface area contributed by atoms with Gasteiger partial charge in [0.15, 0.2) is 10.3 Å². The number of imidazole rings is 1. The molecule has 3 rings (SSSR count). The van der Waals surface area contributed by atoms with Crippen LogP contribution in [0.25, 0.3) is 11.2 Å². The van der Waals surface area contributed by atoms with Crippen LogP contribution in [-0.2, 0) is 4.74 Å². The summed E-state index contributed by atoms with van der Waals surface area (Å²) < 4.78 is 5.61. The molecule has 10 heteroatoms. The minimum atomic E-state index is -0.262. The van der Waals surface area contributed by atoms with Gasteiger partial charge < -0.3 is 30.7 Å². The number of H-pyrrole nitrogens is 2. The Bertz CT molecular complexity index is 983. The molecule has 0 unspecified atom stereocenters. The quantitative estimate of drug-likeness (QED) is 0.243. The molecule has 0 aliphatic carbocycles. The first-order valence-electron chi connectivity index (χ1n) is 9.75. The van der Waals surface area contributed by atoms with Crippen molar-refractivity contribution in [2.45, 2.75) is 19.8 Å². The molecule has 0 atom stereocenters. The number of nitrogens with two attached hydrogens (primary N) is 1. The molecule has 0 bridgehead atoms. The molecular formula is C20H29N7O2S. The lowest BCUT2D eigenvalue weighted by Gasteiger charge is -2.10. The Morgan fingerprint density at radius 2 is 2.03 bits per heavy atom. The normalized spacial score (nSPS) is 10.5. The number of likely N-dealkylation sites (N-methyl/N-ethyl adjacent to an activating group) is 1. The molecule has 0 spiro atoms. The van der Waals surface area contributed by atoms with Crippen LogP contribution in [-0.4, -0.2) is 64.6 Å². The summed E-state index contributed by atoms with van der Waals surface area (Å²) in [5.74, 6) is 0.0246. The molecule has 0 saturated carbocycles. The number of benzene rings is 1. The number of esters is 1. The van der Waals surface area contributed by atoms with Crippen molar-refractivity contribution in [2.24, 2.45) is 0 Å². The highest BCUT2D eigenvalue weighted by Gasteiger charge is 2.06. The Balaban J connectivity index is 0.000000244. The second kappa shape index (κ2) is 11.9. The largest absolute Gasteiger partial charge is 0.461 e. The molecule has 162 valence electrons. The van der Waals surface area contributed by atoms with Gasteiger partial charge >= 0.3 is 5.97 Å². The van der Waals surface area contributed by atoms with Gasteiger partial charge in [0, 0.05) is 18.8 Å². The third-order valence-corrected chi connectivity index (χ3v) is 4.37. The molecule has 5 N–H and O–H groups in total. The van der Waals surface area contributed by atoms with Gasteiger partial charge in [-0.2, -0.15) is 0 Å². The number of aromatic nitrogens is 4. The molecule has 9 nitrogen and oxygen atoms in total. The lowest BCUT2D eigenvalue weighted by molar-refractivity contribution is 0.0482. The maximum atomic E-state index is 11.7. The number of nitrogens with one attached hydrogen (secondary N) is 3. The molecule has 30 heavy (non-hydrogen) atoms. The zero-order valence-electron chi connectivity index (χ0n) is 17.6. The first kappa shape index (κ1) is 23.3. The van der Waals surface area contributed by atoms with Gasteiger partial charge in [-0.15, -0.1) is 0 Å². The predicted octanol–water partition coefficient (Wildman–Crippen LogP) is 3.21. The number of hydrogen-bond acceptors (Lipinski definition) is 8. The number of anilines is 2. The van der Waals surface area contributed by atoms with E-state index in [0.717, 1.165) is 25.2 Å². The second-order valence-corrected chi connectivity index (χ2v) is 7.24. The maximum absolute atomic E-state index is 11.7. The smallest absolute Gasteiger partial charge is 0.338 e. The van der Waals surface area contributed by atoms with Crippen LogP contribution in [0.2, 0.25) is 0 Å². The number of nitrogen functional groups attached to an aromatic ring is 1. The fraction of sp³-hybridized carbons (Fsp3) is 0.400. The van der Waals surface area contributed by atoms with Gasteiger partial charge in [-0.1, -0.05) is 25.6 Å². The molecular weight excluding hydrogens is 402 g/mol. The van der Waals surface area contributed by atoms with E-state index in [1.165, 1.54) is 12.7 Å². The molecule has 1 aromatic carbocycles. The van der Waals surface area contributed by atoms with Gasteiger partial charge in [0.1, 0.15) is 12.1 Å². The van der Waals surface area contributed by atoms with Gasteiger partial charge in [-0.3, -0.25) is 0 Å². The summed E-state index contributed by atoms with van der Waals surface area (Å²) in [6.45, 7) is 4.28. The van der Waals surface area contributed by atoms with E-state index in [-0.39, 0.29) is 11.9 Å². The Labute approximate surface area is 181 Å².